The van der Waals surface area contributed by atoms with Crippen LogP contribution in [0.25, 0.3) is 0 Å². The average molecular weight is 594 g/mol. The van der Waals surface area contributed by atoms with Gasteiger partial charge in [-0.25, -0.2) is 4.79 Å². The summed E-state index contributed by atoms with van der Waals surface area (Å²) in [6, 6.07) is 5.51. The molecule has 0 atom stereocenters. The molecule has 1 N–H and O–H groups in total. The minimum atomic E-state index is -5.79. The van der Waals surface area contributed by atoms with E-state index in [-0.39, 0.29) is 37.8 Å². The van der Waals surface area contributed by atoms with Crippen molar-refractivity contribution in [3.05, 3.63) is 34.9 Å². The summed E-state index contributed by atoms with van der Waals surface area (Å²) in [6.07, 6.45) is -14.8. The number of piperidine rings is 2. The van der Waals surface area contributed by atoms with Gasteiger partial charge in [0.1, 0.15) is 0 Å². The maximum atomic E-state index is 13.9. The molecular formula is C27H33F6N3O5. The Morgan fingerprint density at radius 3 is 2.15 bits per heavy atom. The first-order valence-corrected chi connectivity index (χ1v) is 13.6. The Morgan fingerprint density at radius 1 is 0.976 bits per heavy atom. The number of hydrogen-bond donors (Lipinski definition) is 1. The standard InChI is InChI=1S/C27H33F6N3O5/c1-17-3-4-20(19(15-17)16-34-11-5-18(6-12-34)22(38)39)21(37)36-10-2-7-25(36)8-13-35(14-9-25)24(40)41-23(26(28,29)30)27(31,32)33/h3-4,15,18,23H,2,5-14,16H2,1H3,(H,38,39). The number of rotatable bonds is 5. The van der Waals surface area contributed by atoms with Crippen molar-refractivity contribution >= 4 is 18.0 Å². The zero-order valence-electron chi connectivity index (χ0n) is 22.6. The fourth-order valence-corrected chi connectivity index (χ4v) is 6.16. The molecule has 0 aliphatic carbocycles. The van der Waals surface area contributed by atoms with Gasteiger partial charge in [0.25, 0.3) is 12.0 Å². The summed E-state index contributed by atoms with van der Waals surface area (Å²) in [5.41, 5.74) is 1.58. The van der Waals surface area contributed by atoms with Crippen molar-refractivity contribution in [2.75, 3.05) is 32.7 Å². The van der Waals surface area contributed by atoms with Crippen LogP contribution >= 0.6 is 0 Å². The number of carbonyl (C=O) groups is 3. The molecule has 3 saturated heterocycles. The van der Waals surface area contributed by atoms with Gasteiger partial charge in [-0.3, -0.25) is 14.5 Å². The third kappa shape index (κ3) is 6.90. The third-order valence-electron chi connectivity index (χ3n) is 8.43. The Balaban J connectivity index is 1.44. The van der Waals surface area contributed by atoms with E-state index in [0.29, 0.717) is 57.4 Å². The molecule has 0 radical (unpaired) electrons. The van der Waals surface area contributed by atoms with Crippen LogP contribution < -0.4 is 0 Å². The number of carboxylic acids is 1. The molecule has 3 heterocycles. The monoisotopic (exact) mass is 593 g/mol. The number of halogens is 6. The summed E-state index contributed by atoms with van der Waals surface area (Å²) >= 11 is 0. The third-order valence-corrected chi connectivity index (χ3v) is 8.43. The number of alkyl halides is 6. The zero-order valence-corrected chi connectivity index (χ0v) is 22.6. The molecule has 3 fully saturated rings. The summed E-state index contributed by atoms with van der Waals surface area (Å²) in [5.74, 6) is -1.41. The lowest BCUT2D eigenvalue weighted by Crippen LogP contribution is -2.56. The van der Waals surface area contributed by atoms with Gasteiger partial charge in [0, 0.05) is 37.3 Å². The highest BCUT2D eigenvalue weighted by Gasteiger charge is 2.60. The van der Waals surface area contributed by atoms with E-state index in [0.717, 1.165) is 16.0 Å². The van der Waals surface area contributed by atoms with Crippen LogP contribution in [0.2, 0.25) is 0 Å². The second-order valence-corrected chi connectivity index (χ2v) is 11.2. The molecule has 3 aliphatic heterocycles. The SMILES string of the molecule is Cc1ccc(C(=O)N2CCCC23CCN(C(=O)OC(C(F)(F)F)C(F)(F)F)CC3)c(CN2CCC(C(=O)O)CC2)c1. The maximum absolute atomic E-state index is 13.9. The topological polar surface area (TPSA) is 90.4 Å². The number of likely N-dealkylation sites (tertiary alicyclic amines) is 3. The average Bonchev–Trinajstić information content (AvgIpc) is 3.29. The molecule has 1 aromatic rings. The van der Waals surface area contributed by atoms with Crippen molar-refractivity contribution < 1.29 is 50.6 Å². The molecule has 41 heavy (non-hydrogen) atoms. The maximum Gasteiger partial charge on any atom is 0.434 e. The lowest BCUT2D eigenvalue weighted by Gasteiger charge is -2.45. The van der Waals surface area contributed by atoms with E-state index in [4.69, 9.17) is 0 Å². The number of aliphatic carboxylic acids is 1. The van der Waals surface area contributed by atoms with Crippen molar-refractivity contribution in [1.82, 2.24) is 14.7 Å². The van der Waals surface area contributed by atoms with Gasteiger partial charge in [-0.05, 0) is 70.2 Å². The van der Waals surface area contributed by atoms with Crippen molar-refractivity contribution in [2.24, 2.45) is 5.92 Å². The number of ether oxygens (including phenoxy) is 1. The molecule has 0 saturated carbocycles. The van der Waals surface area contributed by atoms with Crippen LogP contribution in [-0.2, 0) is 16.1 Å². The molecule has 4 rings (SSSR count). The molecule has 0 aromatic heterocycles. The van der Waals surface area contributed by atoms with Gasteiger partial charge in [-0.15, -0.1) is 0 Å². The molecule has 2 amide bonds. The molecule has 1 spiro atoms. The Kier molecular flexibility index (Phi) is 8.81. The van der Waals surface area contributed by atoms with E-state index < -0.39 is 36.1 Å². The van der Waals surface area contributed by atoms with E-state index in [1.807, 2.05) is 19.1 Å². The van der Waals surface area contributed by atoms with E-state index >= 15 is 0 Å². The van der Waals surface area contributed by atoms with Crippen molar-refractivity contribution in [2.45, 2.75) is 76.0 Å². The molecule has 3 aliphatic rings. The summed E-state index contributed by atoms with van der Waals surface area (Å²) in [4.78, 5) is 42.1. The van der Waals surface area contributed by atoms with Crippen LogP contribution in [0.3, 0.4) is 0 Å². The first-order chi connectivity index (χ1) is 19.1. The second kappa shape index (κ2) is 11.7. The van der Waals surface area contributed by atoms with E-state index in [1.165, 1.54) is 0 Å². The lowest BCUT2D eigenvalue weighted by molar-refractivity contribution is -0.308. The summed E-state index contributed by atoms with van der Waals surface area (Å²) in [5, 5.41) is 9.27. The highest BCUT2D eigenvalue weighted by molar-refractivity contribution is 5.96. The van der Waals surface area contributed by atoms with E-state index in [1.54, 1.807) is 11.0 Å². The highest BCUT2D eigenvalue weighted by atomic mass is 19.4. The molecule has 1 aromatic carbocycles. The van der Waals surface area contributed by atoms with Crippen LogP contribution in [0.15, 0.2) is 18.2 Å². The predicted molar refractivity (Wildman–Crippen MR) is 133 cm³/mol. The van der Waals surface area contributed by atoms with Gasteiger partial charge in [0.05, 0.1) is 5.92 Å². The van der Waals surface area contributed by atoms with Crippen LogP contribution in [0.4, 0.5) is 31.1 Å². The molecule has 228 valence electrons. The summed E-state index contributed by atoms with van der Waals surface area (Å²) in [6.45, 7) is 3.68. The smallest absolute Gasteiger partial charge is 0.434 e. The first kappa shape index (κ1) is 30.9. The van der Waals surface area contributed by atoms with Gasteiger partial charge in [0.15, 0.2) is 0 Å². The van der Waals surface area contributed by atoms with E-state index in [9.17, 15) is 45.8 Å². The van der Waals surface area contributed by atoms with Crippen LogP contribution in [0.1, 0.15) is 60.0 Å². The van der Waals surface area contributed by atoms with Crippen LogP contribution in [0, 0.1) is 12.8 Å². The number of aryl methyl sites for hydroxylation is 1. The number of nitrogens with zero attached hydrogens (tertiary/aromatic N) is 3. The highest BCUT2D eigenvalue weighted by Crippen LogP contribution is 2.41. The first-order valence-electron chi connectivity index (χ1n) is 13.6. The number of carboxylic acid groups (broad SMARTS) is 1. The van der Waals surface area contributed by atoms with Gasteiger partial charge in [0.2, 0.25) is 0 Å². The van der Waals surface area contributed by atoms with Gasteiger partial charge in [-0.1, -0.05) is 17.7 Å². The summed E-state index contributed by atoms with van der Waals surface area (Å²) < 4.78 is 81.0. The predicted octanol–water partition coefficient (Wildman–Crippen LogP) is 4.99. The largest absolute Gasteiger partial charge is 0.481 e. The Labute approximate surface area is 233 Å². The minimum absolute atomic E-state index is 0.148. The van der Waals surface area contributed by atoms with Crippen molar-refractivity contribution in [3.63, 3.8) is 0 Å². The molecule has 0 unspecified atom stereocenters. The van der Waals surface area contributed by atoms with Crippen LogP contribution in [-0.4, -0.2) is 94.5 Å². The fourth-order valence-electron chi connectivity index (χ4n) is 6.16. The number of carbonyl (C=O) groups excluding carboxylic acids is 2. The second-order valence-electron chi connectivity index (χ2n) is 11.2. The normalized spacial score (nSPS) is 20.6. The Morgan fingerprint density at radius 2 is 1.59 bits per heavy atom. The molecular weight excluding hydrogens is 560 g/mol. The van der Waals surface area contributed by atoms with E-state index in [2.05, 4.69) is 9.64 Å². The number of benzene rings is 1. The van der Waals surface area contributed by atoms with Gasteiger partial charge < -0.3 is 19.6 Å². The lowest BCUT2D eigenvalue weighted by atomic mass is 9.84. The van der Waals surface area contributed by atoms with Crippen molar-refractivity contribution in [3.8, 4) is 0 Å². The quantitative estimate of drug-likeness (QED) is 0.484. The van der Waals surface area contributed by atoms with Gasteiger partial charge in [-0.2, -0.15) is 26.3 Å². The Bertz CT molecular complexity index is 1130. The summed E-state index contributed by atoms with van der Waals surface area (Å²) in [7, 11) is 0. The molecule has 8 nitrogen and oxygen atoms in total. The minimum Gasteiger partial charge on any atom is -0.481 e. The van der Waals surface area contributed by atoms with Crippen molar-refractivity contribution in [1.29, 1.82) is 0 Å². The number of hydrogen-bond acceptors (Lipinski definition) is 5. The van der Waals surface area contributed by atoms with Crippen LogP contribution in [0.5, 0.6) is 0 Å². The Hall–Kier alpha value is -3.03. The van der Waals surface area contributed by atoms with Gasteiger partial charge >= 0.3 is 24.4 Å². The number of amides is 2. The molecule has 14 heteroatoms. The molecule has 0 bridgehead atoms. The fraction of sp³-hybridized carbons (Fsp3) is 0.667. The zero-order chi connectivity index (χ0) is 30.2.